The smallest absolute Gasteiger partial charge is 0.410 e. The van der Waals surface area contributed by atoms with Crippen molar-refractivity contribution in [1.82, 2.24) is 10.2 Å². The average molecular weight is 494 g/mol. The van der Waals surface area contributed by atoms with Crippen LogP contribution in [0.15, 0.2) is 78.9 Å². The first kappa shape index (κ1) is 24.2. The molecule has 1 N–H and O–H groups in total. The predicted octanol–water partition coefficient (Wildman–Crippen LogP) is 5.63. The number of carbonyl (C=O) groups is 2. The number of piperidine rings is 1. The number of carbonyl (C=O) groups excluding carboxylic acids is 2. The number of nitrogens with zero attached hydrogens (tertiary/aromatic N) is 2. The quantitative estimate of drug-likeness (QED) is 0.354. The number of rotatable bonds is 6. The maximum absolute atomic E-state index is 12.9. The lowest BCUT2D eigenvalue weighted by molar-refractivity contribution is -0.384. The van der Waals surface area contributed by atoms with Crippen LogP contribution in [0.2, 0.25) is 5.02 Å². The fourth-order valence-corrected chi connectivity index (χ4v) is 4.30. The lowest BCUT2D eigenvalue weighted by Crippen LogP contribution is -2.44. The summed E-state index contributed by atoms with van der Waals surface area (Å²) in [5.74, 6) is 0.188. The number of nitrogens with one attached hydrogen (secondary N) is 1. The van der Waals surface area contributed by atoms with E-state index in [-0.39, 0.29) is 29.3 Å². The van der Waals surface area contributed by atoms with E-state index in [0.717, 1.165) is 5.56 Å². The first-order chi connectivity index (χ1) is 16.9. The molecule has 0 bridgehead atoms. The van der Waals surface area contributed by atoms with Gasteiger partial charge in [0.2, 0.25) is 0 Å². The van der Waals surface area contributed by atoms with Gasteiger partial charge in [-0.1, -0.05) is 41.9 Å². The molecule has 9 heteroatoms. The van der Waals surface area contributed by atoms with E-state index in [9.17, 15) is 19.7 Å². The molecule has 1 fully saturated rings. The second-order valence-electron chi connectivity index (χ2n) is 8.31. The van der Waals surface area contributed by atoms with Gasteiger partial charge in [-0.2, -0.15) is 0 Å². The number of nitro groups is 1. The highest BCUT2D eigenvalue weighted by Gasteiger charge is 2.31. The second kappa shape index (κ2) is 11.0. The zero-order valence-electron chi connectivity index (χ0n) is 18.8. The van der Waals surface area contributed by atoms with E-state index in [1.807, 2.05) is 30.3 Å². The molecule has 0 aliphatic carbocycles. The Morgan fingerprint density at radius 2 is 1.60 bits per heavy atom. The van der Waals surface area contributed by atoms with E-state index in [2.05, 4.69) is 5.32 Å². The van der Waals surface area contributed by atoms with Crippen LogP contribution < -0.4 is 10.1 Å². The van der Waals surface area contributed by atoms with Crippen molar-refractivity contribution < 1.29 is 19.2 Å². The van der Waals surface area contributed by atoms with Crippen molar-refractivity contribution in [1.29, 1.82) is 0 Å². The van der Waals surface area contributed by atoms with Gasteiger partial charge < -0.3 is 15.0 Å². The molecule has 1 aliphatic rings. The van der Waals surface area contributed by atoms with Crippen molar-refractivity contribution in [3.63, 3.8) is 0 Å². The molecule has 8 nitrogen and oxygen atoms in total. The Morgan fingerprint density at radius 3 is 2.20 bits per heavy atom. The lowest BCUT2D eigenvalue weighted by Gasteiger charge is -2.36. The Labute approximate surface area is 207 Å². The van der Waals surface area contributed by atoms with Gasteiger partial charge in [0.05, 0.1) is 11.0 Å². The summed E-state index contributed by atoms with van der Waals surface area (Å²) >= 11 is 5.95. The van der Waals surface area contributed by atoms with E-state index in [4.69, 9.17) is 16.3 Å². The SMILES string of the molecule is O=C(NC(c1ccccc1)C1CCN(C(=O)Oc2ccc([N+](=O)[O-])cc2)CC1)c1ccc(Cl)cc1. The summed E-state index contributed by atoms with van der Waals surface area (Å²) in [6, 6.07) is 21.7. The first-order valence-electron chi connectivity index (χ1n) is 11.2. The summed E-state index contributed by atoms with van der Waals surface area (Å²) in [5, 5.41) is 14.5. The van der Waals surface area contributed by atoms with Crippen LogP contribution in [0, 0.1) is 16.0 Å². The molecular weight excluding hydrogens is 470 g/mol. The Balaban J connectivity index is 1.40. The number of benzene rings is 3. The van der Waals surface area contributed by atoms with Crippen LogP contribution in [-0.2, 0) is 0 Å². The first-order valence-corrected chi connectivity index (χ1v) is 11.6. The molecule has 2 amide bonds. The van der Waals surface area contributed by atoms with Gasteiger partial charge in [-0.25, -0.2) is 4.79 Å². The Hall–Kier alpha value is -3.91. The Morgan fingerprint density at radius 1 is 0.971 bits per heavy atom. The third kappa shape index (κ3) is 6.16. The highest BCUT2D eigenvalue weighted by molar-refractivity contribution is 6.30. The Kier molecular flexibility index (Phi) is 7.62. The average Bonchev–Trinajstić information content (AvgIpc) is 2.88. The summed E-state index contributed by atoms with van der Waals surface area (Å²) < 4.78 is 5.38. The van der Waals surface area contributed by atoms with E-state index >= 15 is 0 Å². The molecule has 4 rings (SSSR count). The van der Waals surface area contributed by atoms with Crippen molar-refractivity contribution in [2.75, 3.05) is 13.1 Å². The van der Waals surface area contributed by atoms with Crippen molar-refractivity contribution >= 4 is 29.3 Å². The molecule has 1 atom stereocenters. The normalized spacial score (nSPS) is 14.7. The molecule has 3 aromatic rings. The van der Waals surface area contributed by atoms with Crippen LogP contribution in [-0.4, -0.2) is 34.9 Å². The molecule has 0 spiro atoms. The third-order valence-electron chi connectivity index (χ3n) is 6.07. The van der Waals surface area contributed by atoms with Crippen LogP contribution >= 0.6 is 11.6 Å². The summed E-state index contributed by atoms with van der Waals surface area (Å²) in [6.45, 7) is 0.938. The van der Waals surface area contributed by atoms with Gasteiger partial charge in [0.15, 0.2) is 0 Å². The van der Waals surface area contributed by atoms with E-state index in [0.29, 0.717) is 36.5 Å². The summed E-state index contributed by atoms with van der Waals surface area (Å²) in [5.41, 5.74) is 1.46. The zero-order chi connectivity index (χ0) is 24.8. The van der Waals surface area contributed by atoms with E-state index in [1.165, 1.54) is 24.3 Å². The molecule has 1 heterocycles. The number of non-ortho nitro benzene ring substituents is 1. The van der Waals surface area contributed by atoms with Crippen LogP contribution in [0.4, 0.5) is 10.5 Å². The molecule has 1 unspecified atom stereocenters. The number of amides is 2. The van der Waals surface area contributed by atoms with Crippen molar-refractivity contribution in [3.05, 3.63) is 105 Å². The third-order valence-corrected chi connectivity index (χ3v) is 6.33. The minimum atomic E-state index is -0.509. The maximum Gasteiger partial charge on any atom is 0.415 e. The minimum Gasteiger partial charge on any atom is -0.410 e. The zero-order valence-corrected chi connectivity index (χ0v) is 19.6. The highest BCUT2D eigenvalue weighted by Crippen LogP contribution is 2.32. The van der Waals surface area contributed by atoms with Crippen molar-refractivity contribution in [2.45, 2.75) is 18.9 Å². The van der Waals surface area contributed by atoms with Crippen LogP contribution in [0.25, 0.3) is 0 Å². The number of hydrogen-bond acceptors (Lipinski definition) is 5. The number of halogens is 1. The fraction of sp³-hybridized carbons (Fsp3) is 0.231. The van der Waals surface area contributed by atoms with E-state index in [1.54, 1.807) is 29.2 Å². The predicted molar refractivity (Wildman–Crippen MR) is 132 cm³/mol. The Bertz CT molecular complexity index is 1180. The van der Waals surface area contributed by atoms with Crippen molar-refractivity contribution in [3.8, 4) is 5.75 Å². The van der Waals surface area contributed by atoms with Gasteiger partial charge in [0.25, 0.3) is 11.6 Å². The molecule has 180 valence electrons. The molecule has 3 aromatic carbocycles. The molecule has 0 aromatic heterocycles. The summed E-state index contributed by atoms with van der Waals surface area (Å²) in [4.78, 5) is 37.4. The summed E-state index contributed by atoms with van der Waals surface area (Å²) in [6.07, 6.45) is 0.852. The molecule has 0 saturated carbocycles. The van der Waals surface area contributed by atoms with Gasteiger partial charge in [-0.05, 0) is 60.7 Å². The number of hydrogen-bond donors (Lipinski definition) is 1. The van der Waals surface area contributed by atoms with Crippen LogP contribution in [0.3, 0.4) is 0 Å². The molecule has 1 aliphatic heterocycles. The molecule has 0 radical (unpaired) electrons. The minimum absolute atomic E-state index is 0.0711. The van der Waals surface area contributed by atoms with Gasteiger partial charge in [0, 0.05) is 35.8 Å². The van der Waals surface area contributed by atoms with Gasteiger partial charge in [0.1, 0.15) is 5.75 Å². The van der Waals surface area contributed by atoms with Gasteiger partial charge in [-0.15, -0.1) is 0 Å². The fourth-order valence-electron chi connectivity index (χ4n) is 4.18. The molecule has 35 heavy (non-hydrogen) atoms. The second-order valence-corrected chi connectivity index (χ2v) is 8.75. The highest BCUT2D eigenvalue weighted by atomic mass is 35.5. The lowest BCUT2D eigenvalue weighted by atomic mass is 9.85. The number of ether oxygens (including phenoxy) is 1. The van der Waals surface area contributed by atoms with E-state index < -0.39 is 11.0 Å². The van der Waals surface area contributed by atoms with Gasteiger partial charge in [-0.3, -0.25) is 14.9 Å². The molecule has 1 saturated heterocycles. The standard InChI is InChI=1S/C26H24ClN3O5/c27-21-8-6-20(7-9-21)25(31)28-24(18-4-2-1-3-5-18)19-14-16-29(17-15-19)26(32)35-23-12-10-22(11-13-23)30(33)34/h1-13,19,24H,14-17H2,(H,28,31). The number of likely N-dealkylation sites (tertiary alicyclic amines) is 1. The largest absolute Gasteiger partial charge is 0.415 e. The van der Waals surface area contributed by atoms with Crippen molar-refractivity contribution in [2.24, 2.45) is 5.92 Å². The van der Waals surface area contributed by atoms with Gasteiger partial charge >= 0.3 is 6.09 Å². The number of nitro benzene ring substituents is 1. The van der Waals surface area contributed by atoms with Crippen LogP contribution in [0.5, 0.6) is 5.75 Å². The summed E-state index contributed by atoms with van der Waals surface area (Å²) in [7, 11) is 0. The van der Waals surface area contributed by atoms with Crippen LogP contribution in [0.1, 0.15) is 34.8 Å². The topological polar surface area (TPSA) is 102 Å². The monoisotopic (exact) mass is 493 g/mol. The molecular formula is C26H24ClN3O5. The maximum atomic E-state index is 12.9.